The van der Waals surface area contributed by atoms with E-state index in [1.165, 1.54) is 12.1 Å². The van der Waals surface area contributed by atoms with Crippen molar-refractivity contribution < 1.29 is 9.66 Å². The maximum atomic E-state index is 11.3. The van der Waals surface area contributed by atoms with Gasteiger partial charge in [0.15, 0.2) is 5.02 Å². The standard InChI is InChI=1S/C10H5BrClN3O4/c11-5-2-1-3-6(15(17)18)8(5)19-10-7(12)9(16)13-4-14-10/h1-4H,(H,13,14,16). The normalized spacial score (nSPS) is 10.2. The number of ether oxygens (including phenoxy) is 1. The van der Waals surface area contributed by atoms with Gasteiger partial charge in [0, 0.05) is 6.07 Å². The molecular weight excluding hydrogens is 341 g/mol. The van der Waals surface area contributed by atoms with E-state index < -0.39 is 10.5 Å². The molecule has 0 unspecified atom stereocenters. The van der Waals surface area contributed by atoms with Crippen molar-refractivity contribution in [1.82, 2.24) is 9.97 Å². The fourth-order valence-electron chi connectivity index (χ4n) is 1.28. The zero-order valence-corrected chi connectivity index (χ0v) is 11.4. The number of rotatable bonds is 3. The molecule has 0 fully saturated rings. The highest BCUT2D eigenvalue weighted by molar-refractivity contribution is 9.10. The minimum Gasteiger partial charge on any atom is -0.429 e. The first-order valence-electron chi connectivity index (χ1n) is 4.84. The number of benzene rings is 1. The lowest BCUT2D eigenvalue weighted by molar-refractivity contribution is -0.385. The number of H-pyrrole nitrogens is 1. The second-order valence-electron chi connectivity index (χ2n) is 3.30. The van der Waals surface area contributed by atoms with Gasteiger partial charge in [-0.05, 0) is 22.0 Å². The van der Waals surface area contributed by atoms with Gasteiger partial charge in [-0.25, -0.2) is 4.98 Å². The molecule has 0 aliphatic carbocycles. The second-order valence-corrected chi connectivity index (χ2v) is 4.53. The van der Waals surface area contributed by atoms with E-state index in [2.05, 4.69) is 25.9 Å². The molecule has 19 heavy (non-hydrogen) atoms. The van der Waals surface area contributed by atoms with E-state index in [4.69, 9.17) is 16.3 Å². The van der Waals surface area contributed by atoms with Gasteiger partial charge in [-0.3, -0.25) is 14.9 Å². The lowest BCUT2D eigenvalue weighted by atomic mass is 10.3. The van der Waals surface area contributed by atoms with Crippen LogP contribution in [0.3, 0.4) is 0 Å². The highest BCUT2D eigenvalue weighted by Crippen LogP contribution is 2.38. The maximum absolute atomic E-state index is 11.3. The number of nitro groups is 1. The van der Waals surface area contributed by atoms with Gasteiger partial charge in [0.1, 0.15) is 0 Å². The number of aromatic amines is 1. The van der Waals surface area contributed by atoms with Gasteiger partial charge in [-0.1, -0.05) is 17.7 Å². The Morgan fingerprint density at radius 3 is 2.89 bits per heavy atom. The fraction of sp³-hybridized carbons (Fsp3) is 0. The van der Waals surface area contributed by atoms with Crippen LogP contribution in [0.5, 0.6) is 11.6 Å². The van der Waals surface area contributed by atoms with E-state index in [-0.39, 0.29) is 22.3 Å². The highest BCUT2D eigenvalue weighted by Gasteiger charge is 2.20. The van der Waals surface area contributed by atoms with E-state index in [0.717, 1.165) is 6.33 Å². The Labute approximate surface area is 119 Å². The van der Waals surface area contributed by atoms with Crippen molar-refractivity contribution in [2.45, 2.75) is 0 Å². The molecule has 98 valence electrons. The zero-order valence-electron chi connectivity index (χ0n) is 9.09. The van der Waals surface area contributed by atoms with Crippen LogP contribution in [0.4, 0.5) is 5.69 Å². The van der Waals surface area contributed by atoms with Gasteiger partial charge in [-0.15, -0.1) is 0 Å². The summed E-state index contributed by atoms with van der Waals surface area (Å²) in [7, 11) is 0. The number of halogens is 2. The summed E-state index contributed by atoms with van der Waals surface area (Å²) in [6.07, 6.45) is 1.09. The molecule has 0 aliphatic rings. The summed E-state index contributed by atoms with van der Waals surface area (Å²) >= 11 is 8.84. The molecule has 0 atom stereocenters. The average molecular weight is 347 g/mol. The van der Waals surface area contributed by atoms with Gasteiger partial charge >= 0.3 is 5.69 Å². The average Bonchev–Trinajstić information content (AvgIpc) is 2.36. The summed E-state index contributed by atoms with van der Waals surface area (Å²) in [4.78, 5) is 27.5. The molecule has 1 aromatic heterocycles. The number of aromatic nitrogens is 2. The van der Waals surface area contributed by atoms with Gasteiger partial charge in [0.25, 0.3) is 5.56 Å². The number of para-hydroxylation sites is 1. The Hall–Kier alpha value is -1.93. The van der Waals surface area contributed by atoms with Crippen LogP contribution in [0.25, 0.3) is 0 Å². The van der Waals surface area contributed by atoms with Crippen molar-refractivity contribution >= 4 is 33.2 Å². The molecule has 0 saturated heterocycles. The molecule has 0 radical (unpaired) electrons. The van der Waals surface area contributed by atoms with Crippen molar-refractivity contribution in [3.05, 3.63) is 54.5 Å². The van der Waals surface area contributed by atoms with Crippen molar-refractivity contribution in [3.63, 3.8) is 0 Å². The predicted octanol–water partition coefficient (Wildman–Crippen LogP) is 2.89. The van der Waals surface area contributed by atoms with Crippen LogP contribution < -0.4 is 10.3 Å². The Morgan fingerprint density at radius 1 is 1.47 bits per heavy atom. The van der Waals surface area contributed by atoms with Crippen LogP contribution in [0.15, 0.2) is 33.8 Å². The van der Waals surface area contributed by atoms with Crippen LogP contribution in [-0.2, 0) is 0 Å². The molecule has 0 aliphatic heterocycles. The van der Waals surface area contributed by atoms with Crippen LogP contribution in [0.2, 0.25) is 5.02 Å². The smallest absolute Gasteiger partial charge is 0.312 e. The molecule has 9 heteroatoms. The third-order valence-electron chi connectivity index (χ3n) is 2.11. The summed E-state index contributed by atoms with van der Waals surface area (Å²) < 4.78 is 5.61. The third kappa shape index (κ3) is 2.74. The summed E-state index contributed by atoms with van der Waals surface area (Å²) in [5.41, 5.74) is -0.867. The van der Waals surface area contributed by atoms with Crippen LogP contribution in [0.1, 0.15) is 0 Å². The van der Waals surface area contributed by atoms with E-state index in [9.17, 15) is 14.9 Å². The Kier molecular flexibility index (Phi) is 3.82. The molecule has 7 nitrogen and oxygen atoms in total. The number of hydrogen-bond donors (Lipinski definition) is 1. The fourth-order valence-corrected chi connectivity index (χ4v) is 1.86. The van der Waals surface area contributed by atoms with Gasteiger partial charge < -0.3 is 9.72 Å². The Bertz CT molecular complexity index is 703. The third-order valence-corrected chi connectivity index (χ3v) is 3.06. The minimum atomic E-state index is -0.610. The molecule has 0 bridgehead atoms. The second kappa shape index (κ2) is 5.37. The molecule has 0 saturated carbocycles. The molecule has 0 amide bonds. The summed E-state index contributed by atoms with van der Waals surface area (Å²) in [6.45, 7) is 0. The lowest BCUT2D eigenvalue weighted by Gasteiger charge is -2.07. The van der Waals surface area contributed by atoms with E-state index >= 15 is 0 Å². The number of hydrogen-bond acceptors (Lipinski definition) is 5. The van der Waals surface area contributed by atoms with Crippen molar-refractivity contribution in [2.75, 3.05) is 0 Å². The van der Waals surface area contributed by atoms with Gasteiger partial charge in [0.05, 0.1) is 15.7 Å². The summed E-state index contributed by atoms with van der Waals surface area (Å²) in [6, 6.07) is 4.31. The van der Waals surface area contributed by atoms with E-state index in [1.807, 2.05) is 0 Å². The summed E-state index contributed by atoms with van der Waals surface area (Å²) in [5, 5.41) is 10.6. The molecule has 2 aromatic rings. The molecule has 1 aromatic carbocycles. The first-order chi connectivity index (χ1) is 9.00. The number of nitro benzene ring substituents is 1. The first kappa shape index (κ1) is 13.5. The molecular formula is C10H5BrClN3O4. The predicted molar refractivity (Wildman–Crippen MR) is 70.7 cm³/mol. The zero-order chi connectivity index (χ0) is 14.0. The molecule has 1 heterocycles. The molecule has 1 N–H and O–H groups in total. The molecule has 2 rings (SSSR count). The van der Waals surface area contributed by atoms with Gasteiger partial charge in [0.2, 0.25) is 11.6 Å². The van der Waals surface area contributed by atoms with Crippen molar-refractivity contribution in [3.8, 4) is 11.6 Å². The SMILES string of the molecule is O=c1[nH]cnc(Oc2c(Br)cccc2[N+](=O)[O-])c1Cl. The molecule has 0 spiro atoms. The number of nitrogens with zero attached hydrogens (tertiary/aromatic N) is 2. The van der Waals surface area contributed by atoms with Crippen molar-refractivity contribution in [1.29, 1.82) is 0 Å². The topological polar surface area (TPSA) is 98.1 Å². The maximum Gasteiger partial charge on any atom is 0.312 e. The van der Waals surface area contributed by atoms with E-state index in [1.54, 1.807) is 6.07 Å². The monoisotopic (exact) mass is 345 g/mol. The van der Waals surface area contributed by atoms with Gasteiger partial charge in [-0.2, -0.15) is 0 Å². The largest absolute Gasteiger partial charge is 0.429 e. The van der Waals surface area contributed by atoms with Crippen molar-refractivity contribution in [2.24, 2.45) is 0 Å². The first-order valence-corrected chi connectivity index (χ1v) is 6.01. The highest BCUT2D eigenvalue weighted by atomic mass is 79.9. The Balaban J connectivity index is 2.52. The van der Waals surface area contributed by atoms with Crippen LogP contribution in [0, 0.1) is 10.1 Å². The van der Waals surface area contributed by atoms with Crippen LogP contribution in [-0.4, -0.2) is 14.9 Å². The minimum absolute atomic E-state index is 0.0764. The Morgan fingerprint density at radius 2 is 2.21 bits per heavy atom. The quantitative estimate of drug-likeness (QED) is 0.680. The van der Waals surface area contributed by atoms with E-state index in [0.29, 0.717) is 4.47 Å². The lowest BCUT2D eigenvalue weighted by Crippen LogP contribution is -2.08. The number of nitrogens with one attached hydrogen (secondary N) is 1. The van der Waals surface area contributed by atoms with Crippen LogP contribution >= 0.6 is 27.5 Å². The summed E-state index contributed by atoms with van der Waals surface area (Å²) in [5.74, 6) is -0.284.